The van der Waals surface area contributed by atoms with Crippen molar-refractivity contribution in [2.24, 2.45) is 0 Å². The molecule has 0 bridgehead atoms. The van der Waals surface area contributed by atoms with Gasteiger partial charge in [-0.25, -0.2) is 0 Å². The van der Waals surface area contributed by atoms with Crippen molar-refractivity contribution in [3.63, 3.8) is 0 Å². The van der Waals surface area contributed by atoms with E-state index in [4.69, 9.17) is 0 Å². The molecule has 0 saturated carbocycles. The fourth-order valence-corrected chi connectivity index (χ4v) is 5.91. The van der Waals surface area contributed by atoms with Crippen molar-refractivity contribution in [1.82, 2.24) is 0 Å². The van der Waals surface area contributed by atoms with Crippen molar-refractivity contribution in [2.45, 2.75) is 79.1 Å². The lowest BCUT2D eigenvalue weighted by atomic mass is 10.1. The Balaban J connectivity index is 0. The molecule has 0 nitrogen and oxygen atoms in total. The van der Waals surface area contributed by atoms with Crippen LogP contribution in [0, 0.1) is 0 Å². The quantitative estimate of drug-likeness (QED) is 0.148. The van der Waals surface area contributed by atoms with E-state index in [1.807, 2.05) is 0 Å². The van der Waals surface area contributed by atoms with Gasteiger partial charge in [0.15, 0.2) is 0 Å². The first kappa shape index (κ1) is 24.5. The summed E-state index contributed by atoms with van der Waals surface area (Å²) in [6.07, 6.45) is 17.7. The predicted molar refractivity (Wildman–Crippen MR) is 96.2 cm³/mol. The summed E-state index contributed by atoms with van der Waals surface area (Å²) < 4.78 is 39.0. The zero-order valence-electron chi connectivity index (χ0n) is 15.0. The Hall–Kier alpha value is 0.215. The molecular weight excluding hydrogens is 310 g/mol. The molecule has 0 aromatic heterocycles. The van der Waals surface area contributed by atoms with Crippen LogP contribution in [0.1, 0.15) is 79.1 Å². The molecule has 0 aliphatic carbocycles. The average molecular weight is 346 g/mol. The maximum atomic E-state index is 9.75. The van der Waals surface area contributed by atoms with Gasteiger partial charge in [0.1, 0.15) is 0 Å². The topological polar surface area (TPSA) is 0 Å². The van der Waals surface area contributed by atoms with E-state index >= 15 is 0 Å². The van der Waals surface area contributed by atoms with Crippen LogP contribution in [0.25, 0.3) is 0 Å². The molecular formula is C16H36BF4P. The molecule has 0 aromatic carbocycles. The molecule has 136 valence electrons. The van der Waals surface area contributed by atoms with E-state index in [9.17, 15) is 17.3 Å². The van der Waals surface area contributed by atoms with E-state index < -0.39 is 14.5 Å². The smallest absolute Gasteiger partial charge is 0.418 e. The number of hydrogen-bond donors (Lipinski definition) is 0. The fourth-order valence-electron chi connectivity index (χ4n) is 2.73. The van der Waals surface area contributed by atoms with Gasteiger partial charge < -0.3 is 17.3 Å². The molecule has 0 amide bonds. The van der Waals surface area contributed by atoms with Gasteiger partial charge in [0, 0.05) is 7.26 Å². The van der Waals surface area contributed by atoms with Crippen LogP contribution in [0.3, 0.4) is 0 Å². The second-order valence-corrected chi connectivity index (χ2v) is 11.0. The maximum Gasteiger partial charge on any atom is 0.673 e. The van der Waals surface area contributed by atoms with Crippen molar-refractivity contribution >= 4 is 14.5 Å². The molecule has 6 heteroatoms. The van der Waals surface area contributed by atoms with Crippen LogP contribution < -0.4 is 0 Å². The van der Waals surface area contributed by atoms with Gasteiger partial charge in [-0.1, -0.05) is 45.4 Å². The standard InChI is InChI=1S/C16H36P.BF4/c1-5-9-10-11-12-13-14-15-16-17(6-2,7-3)8-4;2-1(3,4)5/h5-16H2,1-4H3;/q+1;-1. The first-order valence-electron chi connectivity index (χ1n) is 8.97. The van der Waals surface area contributed by atoms with Crippen LogP contribution in [-0.4, -0.2) is 31.9 Å². The van der Waals surface area contributed by atoms with Crippen LogP contribution in [-0.2, 0) is 0 Å². The number of halogens is 4. The summed E-state index contributed by atoms with van der Waals surface area (Å²) in [6, 6.07) is 0. The SMILES string of the molecule is CCCCCCCCCC[P+](CC)(CC)CC.F[B-](F)(F)F. The third kappa shape index (κ3) is 18.3. The summed E-state index contributed by atoms with van der Waals surface area (Å²) in [6.45, 7) is 9.56. The monoisotopic (exact) mass is 346 g/mol. The van der Waals surface area contributed by atoms with Crippen LogP contribution in [0.15, 0.2) is 0 Å². The first-order chi connectivity index (χ1) is 10.2. The lowest BCUT2D eigenvalue weighted by molar-refractivity contribution is 0.368. The summed E-state index contributed by atoms with van der Waals surface area (Å²) >= 11 is 0. The molecule has 0 aliphatic rings. The highest BCUT2D eigenvalue weighted by atomic mass is 31.2. The van der Waals surface area contributed by atoms with Crippen LogP contribution in [0.4, 0.5) is 17.3 Å². The second kappa shape index (κ2) is 14.8. The van der Waals surface area contributed by atoms with Crippen molar-refractivity contribution in [3.8, 4) is 0 Å². The van der Waals surface area contributed by atoms with Gasteiger partial charge in [-0.05, 0) is 33.6 Å². The molecule has 22 heavy (non-hydrogen) atoms. The van der Waals surface area contributed by atoms with Crippen LogP contribution in [0.2, 0.25) is 0 Å². The van der Waals surface area contributed by atoms with Gasteiger partial charge in [0.2, 0.25) is 0 Å². The van der Waals surface area contributed by atoms with Crippen LogP contribution in [0.5, 0.6) is 0 Å². The zero-order valence-corrected chi connectivity index (χ0v) is 15.9. The molecule has 0 radical (unpaired) electrons. The summed E-state index contributed by atoms with van der Waals surface area (Å²) in [7, 11) is -6.51. The average Bonchev–Trinajstić information content (AvgIpc) is 2.45. The second-order valence-electron chi connectivity index (χ2n) is 5.98. The van der Waals surface area contributed by atoms with Gasteiger partial charge in [0.25, 0.3) is 0 Å². The highest BCUT2D eigenvalue weighted by Crippen LogP contribution is 2.58. The maximum absolute atomic E-state index is 9.75. The Kier molecular flexibility index (Phi) is 16.4. The third-order valence-corrected chi connectivity index (χ3v) is 9.79. The van der Waals surface area contributed by atoms with E-state index in [0.29, 0.717) is 0 Å². The van der Waals surface area contributed by atoms with Gasteiger partial charge in [-0.3, -0.25) is 0 Å². The largest absolute Gasteiger partial charge is 0.673 e. The summed E-state index contributed by atoms with van der Waals surface area (Å²) in [5.41, 5.74) is 0. The highest BCUT2D eigenvalue weighted by molar-refractivity contribution is 7.75. The van der Waals surface area contributed by atoms with Crippen molar-refractivity contribution in [2.75, 3.05) is 24.6 Å². The summed E-state index contributed by atoms with van der Waals surface area (Å²) in [5, 5.41) is 0. The van der Waals surface area contributed by atoms with Gasteiger partial charge >= 0.3 is 7.25 Å². The number of unbranched alkanes of at least 4 members (excludes halogenated alkanes) is 7. The number of hydrogen-bond acceptors (Lipinski definition) is 0. The lowest BCUT2D eigenvalue weighted by Crippen LogP contribution is -2.07. The highest BCUT2D eigenvalue weighted by Gasteiger charge is 2.29. The van der Waals surface area contributed by atoms with Gasteiger partial charge in [0.05, 0.1) is 24.6 Å². The molecule has 0 fully saturated rings. The van der Waals surface area contributed by atoms with Gasteiger partial charge in [-0.15, -0.1) is 0 Å². The molecule has 0 saturated heterocycles. The Morgan fingerprint density at radius 2 is 0.909 bits per heavy atom. The Morgan fingerprint density at radius 3 is 1.23 bits per heavy atom. The predicted octanol–water partition coefficient (Wildman–Crippen LogP) is 7.50. The molecule has 0 rings (SSSR count). The molecule has 0 aromatic rings. The van der Waals surface area contributed by atoms with Crippen molar-refractivity contribution in [3.05, 3.63) is 0 Å². The first-order valence-corrected chi connectivity index (χ1v) is 11.5. The fraction of sp³-hybridized carbons (Fsp3) is 1.00. The number of rotatable bonds is 12. The zero-order chi connectivity index (χ0) is 17.5. The Morgan fingerprint density at radius 1 is 0.591 bits per heavy atom. The van der Waals surface area contributed by atoms with E-state index in [1.54, 1.807) is 6.16 Å². The molecule has 0 spiro atoms. The normalized spacial score (nSPS) is 12.0. The van der Waals surface area contributed by atoms with E-state index in [0.717, 1.165) is 0 Å². The molecule has 0 aliphatic heterocycles. The lowest BCUT2D eigenvalue weighted by Gasteiger charge is -2.23. The molecule has 0 unspecified atom stereocenters. The summed E-state index contributed by atoms with van der Waals surface area (Å²) in [4.78, 5) is 0. The molecule has 0 heterocycles. The van der Waals surface area contributed by atoms with Crippen molar-refractivity contribution < 1.29 is 17.3 Å². The van der Waals surface area contributed by atoms with E-state index in [2.05, 4.69) is 27.7 Å². The Labute approximate surface area is 136 Å². The summed E-state index contributed by atoms with van der Waals surface area (Å²) in [5.74, 6) is 0. The third-order valence-electron chi connectivity index (χ3n) is 4.50. The Bertz CT molecular complexity index is 216. The minimum absolute atomic E-state index is 0.505. The van der Waals surface area contributed by atoms with Gasteiger partial charge in [-0.2, -0.15) is 0 Å². The minimum Gasteiger partial charge on any atom is -0.418 e. The molecule has 0 N–H and O–H groups in total. The molecule has 0 atom stereocenters. The van der Waals surface area contributed by atoms with Crippen LogP contribution >= 0.6 is 7.26 Å². The van der Waals surface area contributed by atoms with E-state index in [-0.39, 0.29) is 0 Å². The van der Waals surface area contributed by atoms with Crippen molar-refractivity contribution in [1.29, 1.82) is 0 Å². The minimum atomic E-state index is -6.00. The van der Waals surface area contributed by atoms with E-state index in [1.165, 1.54) is 69.9 Å².